The van der Waals surface area contributed by atoms with E-state index in [-0.39, 0.29) is 17.5 Å². The highest BCUT2D eigenvalue weighted by Crippen LogP contribution is 2.24. The fourth-order valence-electron chi connectivity index (χ4n) is 2.36. The second-order valence-corrected chi connectivity index (χ2v) is 6.12. The number of hydrogen-bond acceptors (Lipinski definition) is 2. The number of benzene rings is 2. The molecule has 2 rings (SSSR count). The van der Waals surface area contributed by atoms with Crippen LogP contribution in [-0.4, -0.2) is 12.1 Å². The van der Waals surface area contributed by atoms with Crippen LogP contribution < -0.4 is 10.1 Å². The SMILES string of the molecule is C=C=CC(C)=CC(=CC(F)(F)F)Oc1ccc(NC(=O)c2c(F)ccc(F)c2F)cc1. The number of rotatable bonds is 6. The smallest absolute Gasteiger partial charge is 0.413 e. The van der Waals surface area contributed by atoms with Gasteiger partial charge in [-0.1, -0.05) is 6.58 Å². The molecule has 3 nitrogen and oxygen atoms in total. The third-order valence-electron chi connectivity index (χ3n) is 3.62. The van der Waals surface area contributed by atoms with Gasteiger partial charge < -0.3 is 10.1 Å². The van der Waals surface area contributed by atoms with Crippen molar-refractivity contribution in [3.63, 3.8) is 0 Å². The van der Waals surface area contributed by atoms with Crippen molar-refractivity contribution < 1.29 is 35.9 Å². The maximum atomic E-state index is 13.7. The Morgan fingerprint density at radius 2 is 1.68 bits per heavy atom. The highest BCUT2D eigenvalue weighted by molar-refractivity contribution is 6.04. The summed E-state index contributed by atoms with van der Waals surface area (Å²) in [5, 5.41) is 2.17. The molecule has 31 heavy (non-hydrogen) atoms. The van der Waals surface area contributed by atoms with Crippen LogP contribution in [-0.2, 0) is 0 Å². The van der Waals surface area contributed by atoms with Crippen molar-refractivity contribution in [2.45, 2.75) is 13.1 Å². The van der Waals surface area contributed by atoms with Gasteiger partial charge in [0.25, 0.3) is 5.91 Å². The normalized spacial score (nSPS) is 12.2. The van der Waals surface area contributed by atoms with Gasteiger partial charge in [-0.15, -0.1) is 5.73 Å². The fraction of sp³-hybridized carbons (Fsp3) is 0.0909. The second-order valence-electron chi connectivity index (χ2n) is 6.12. The van der Waals surface area contributed by atoms with Crippen molar-refractivity contribution in [3.05, 3.63) is 101 Å². The third kappa shape index (κ3) is 6.94. The lowest BCUT2D eigenvalue weighted by Gasteiger charge is -2.11. The minimum absolute atomic E-state index is 0.0109. The van der Waals surface area contributed by atoms with Crippen molar-refractivity contribution in [2.24, 2.45) is 0 Å². The summed E-state index contributed by atoms with van der Waals surface area (Å²) < 4.78 is 84.1. The largest absolute Gasteiger partial charge is 0.457 e. The van der Waals surface area contributed by atoms with Gasteiger partial charge in [-0.05, 0) is 61.0 Å². The van der Waals surface area contributed by atoms with Crippen LogP contribution in [0, 0.1) is 17.5 Å². The molecule has 0 saturated heterocycles. The molecule has 162 valence electrons. The fourth-order valence-corrected chi connectivity index (χ4v) is 2.36. The quantitative estimate of drug-likeness (QED) is 0.184. The van der Waals surface area contributed by atoms with Crippen LogP contribution in [0.5, 0.6) is 5.75 Å². The van der Waals surface area contributed by atoms with Crippen molar-refractivity contribution in [2.75, 3.05) is 5.32 Å². The van der Waals surface area contributed by atoms with Gasteiger partial charge >= 0.3 is 6.18 Å². The van der Waals surface area contributed by atoms with E-state index >= 15 is 0 Å². The van der Waals surface area contributed by atoms with E-state index in [9.17, 15) is 31.1 Å². The summed E-state index contributed by atoms with van der Waals surface area (Å²) in [6.07, 6.45) is -2.20. The molecule has 0 saturated carbocycles. The molecular formula is C22H15F6NO2. The van der Waals surface area contributed by atoms with Crippen LogP contribution in [0.15, 0.2) is 78.3 Å². The van der Waals surface area contributed by atoms with Gasteiger partial charge in [0.1, 0.15) is 22.9 Å². The first kappa shape index (κ1) is 23.6. The van der Waals surface area contributed by atoms with Crippen LogP contribution in [0.25, 0.3) is 0 Å². The molecule has 0 heterocycles. The monoisotopic (exact) mass is 439 g/mol. The van der Waals surface area contributed by atoms with Crippen molar-refractivity contribution >= 4 is 11.6 Å². The van der Waals surface area contributed by atoms with Gasteiger partial charge in [-0.3, -0.25) is 4.79 Å². The molecule has 0 aromatic heterocycles. The van der Waals surface area contributed by atoms with Gasteiger partial charge in [-0.25, -0.2) is 13.2 Å². The summed E-state index contributed by atoms with van der Waals surface area (Å²) in [5.41, 5.74) is 1.76. The number of carbonyl (C=O) groups excluding carboxylic acids is 1. The average Bonchev–Trinajstić information content (AvgIpc) is 2.65. The van der Waals surface area contributed by atoms with Crippen LogP contribution >= 0.6 is 0 Å². The maximum Gasteiger partial charge on any atom is 0.413 e. The summed E-state index contributed by atoms with van der Waals surface area (Å²) in [5.74, 6) is -6.06. The summed E-state index contributed by atoms with van der Waals surface area (Å²) in [6.45, 7) is 4.85. The number of alkyl halides is 3. The maximum absolute atomic E-state index is 13.7. The topological polar surface area (TPSA) is 38.3 Å². The highest BCUT2D eigenvalue weighted by Gasteiger charge is 2.25. The molecule has 0 radical (unpaired) electrons. The summed E-state index contributed by atoms with van der Waals surface area (Å²) in [6, 6.07) is 6.06. The summed E-state index contributed by atoms with van der Waals surface area (Å²) in [4.78, 5) is 12.1. The van der Waals surface area contributed by atoms with Gasteiger partial charge in [0, 0.05) is 5.69 Å². The highest BCUT2D eigenvalue weighted by atomic mass is 19.4. The Morgan fingerprint density at radius 1 is 1.06 bits per heavy atom. The Kier molecular flexibility index (Phi) is 7.50. The zero-order valence-corrected chi connectivity index (χ0v) is 16.0. The number of amides is 1. The molecule has 0 aliphatic carbocycles. The molecule has 2 aromatic rings. The molecule has 0 unspecified atom stereocenters. The van der Waals surface area contributed by atoms with Crippen LogP contribution in [0.2, 0.25) is 0 Å². The molecule has 0 aliphatic rings. The zero-order valence-electron chi connectivity index (χ0n) is 16.0. The van der Waals surface area contributed by atoms with Crippen molar-refractivity contribution in [1.82, 2.24) is 0 Å². The molecule has 9 heteroatoms. The lowest BCUT2D eigenvalue weighted by atomic mass is 10.1. The van der Waals surface area contributed by atoms with E-state index in [2.05, 4.69) is 17.6 Å². The van der Waals surface area contributed by atoms with E-state index in [1.54, 1.807) is 0 Å². The molecule has 0 spiro atoms. The lowest BCUT2D eigenvalue weighted by molar-refractivity contribution is -0.0815. The minimum Gasteiger partial charge on any atom is -0.457 e. The Bertz CT molecular complexity index is 1080. The standard InChI is InChI=1S/C22H15F6NO2/c1-3-4-13(2)11-16(12-22(26,27)28)31-15-7-5-14(6-8-15)29-21(30)19-17(23)9-10-18(24)20(19)25/h4-12H,1H2,2H3,(H,29,30). The van der Waals surface area contributed by atoms with Crippen LogP contribution in [0.4, 0.5) is 32.0 Å². The molecule has 0 aliphatic heterocycles. The number of carbonyl (C=O) groups is 1. The first-order valence-corrected chi connectivity index (χ1v) is 8.56. The average molecular weight is 439 g/mol. The third-order valence-corrected chi connectivity index (χ3v) is 3.62. The first-order chi connectivity index (χ1) is 14.5. The number of halogens is 6. The number of ether oxygens (including phenoxy) is 1. The summed E-state index contributed by atoms with van der Waals surface area (Å²) >= 11 is 0. The van der Waals surface area contributed by atoms with E-state index < -0.39 is 40.9 Å². The zero-order chi connectivity index (χ0) is 23.2. The Labute approximate surface area is 173 Å². The Hall–Kier alpha value is -3.71. The van der Waals surface area contributed by atoms with Gasteiger partial charge in [0.15, 0.2) is 11.6 Å². The molecular weight excluding hydrogens is 424 g/mol. The number of anilines is 1. The van der Waals surface area contributed by atoms with E-state index in [1.807, 2.05) is 0 Å². The van der Waals surface area contributed by atoms with Gasteiger partial charge in [0.2, 0.25) is 0 Å². The van der Waals surface area contributed by atoms with Crippen molar-refractivity contribution in [3.8, 4) is 5.75 Å². The number of allylic oxidation sites excluding steroid dienone is 4. The van der Waals surface area contributed by atoms with E-state index in [4.69, 9.17) is 4.74 Å². The molecule has 2 aromatic carbocycles. The minimum atomic E-state index is -4.64. The molecule has 0 fully saturated rings. The van der Waals surface area contributed by atoms with E-state index in [0.717, 1.165) is 6.08 Å². The van der Waals surface area contributed by atoms with Crippen LogP contribution in [0.1, 0.15) is 17.3 Å². The Balaban J connectivity index is 2.21. The number of hydrogen-bond donors (Lipinski definition) is 1. The van der Waals surface area contributed by atoms with Crippen molar-refractivity contribution in [1.29, 1.82) is 0 Å². The predicted molar refractivity (Wildman–Crippen MR) is 103 cm³/mol. The molecule has 0 atom stereocenters. The molecule has 1 amide bonds. The van der Waals surface area contributed by atoms with Gasteiger partial charge in [0.05, 0.1) is 6.08 Å². The van der Waals surface area contributed by atoms with E-state index in [1.165, 1.54) is 37.3 Å². The van der Waals surface area contributed by atoms with Crippen LogP contribution in [0.3, 0.4) is 0 Å². The predicted octanol–water partition coefficient (Wildman–Crippen LogP) is 6.47. The van der Waals surface area contributed by atoms with E-state index in [0.29, 0.717) is 17.7 Å². The lowest BCUT2D eigenvalue weighted by Crippen LogP contribution is -2.16. The Morgan fingerprint density at radius 3 is 2.26 bits per heavy atom. The first-order valence-electron chi connectivity index (χ1n) is 8.56. The number of nitrogens with one attached hydrogen (secondary N) is 1. The summed E-state index contributed by atoms with van der Waals surface area (Å²) in [7, 11) is 0. The second kappa shape index (κ2) is 9.86. The molecule has 0 bridgehead atoms. The molecule has 1 N–H and O–H groups in total. The van der Waals surface area contributed by atoms with Gasteiger partial charge in [-0.2, -0.15) is 13.2 Å².